The van der Waals surface area contributed by atoms with Gasteiger partial charge in [0.15, 0.2) is 0 Å². The van der Waals surface area contributed by atoms with Gasteiger partial charge in [0.25, 0.3) is 5.91 Å². The second kappa shape index (κ2) is 5.96. The van der Waals surface area contributed by atoms with Crippen molar-refractivity contribution in [2.45, 2.75) is 27.2 Å². The number of hydrogen-bond donors (Lipinski definition) is 1. The van der Waals surface area contributed by atoms with Crippen molar-refractivity contribution < 1.29 is 4.79 Å². The summed E-state index contributed by atoms with van der Waals surface area (Å²) in [6, 6.07) is 5.08. The number of nitrogens with one attached hydrogen (secondary N) is 1. The van der Waals surface area contributed by atoms with Crippen LogP contribution >= 0.6 is 11.6 Å². The molecule has 0 bridgehead atoms. The number of amides is 1. The minimum Gasteiger partial charge on any atom is -0.290 e. The van der Waals surface area contributed by atoms with Crippen molar-refractivity contribution in [2.24, 2.45) is 0 Å². The van der Waals surface area contributed by atoms with Gasteiger partial charge < -0.3 is 0 Å². The Morgan fingerprint density at radius 2 is 1.80 bits per heavy atom. The lowest BCUT2D eigenvalue weighted by molar-refractivity contribution is 0.102. The Balaban J connectivity index is 2.25. The number of carbonyl (C=O) groups is 1. The highest BCUT2D eigenvalue weighted by Gasteiger charge is 2.11. The molecule has 0 saturated heterocycles. The first-order valence-corrected chi connectivity index (χ1v) is 6.66. The fraction of sp³-hybridized carbons (Fsp3) is 0.286. The Hall–Kier alpha value is -2.01. The van der Waals surface area contributed by atoms with Crippen LogP contribution in [0.3, 0.4) is 0 Å². The summed E-state index contributed by atoms with van der Waals surface area (Å²) in [7, 11) is 0. The third-order valence-electron chi connectivity index (χ3n) is 2.68. The Morgan fingerprint density at radius 1 is 1.15 bits per heavy atom. The summed E-state index contributed by atoms with van der Waals surface area (Å²) in [4.78, 5) is 24.6. The summed E-state index contributed by atoms with van der Waals surface area (Å²) in [6.45, 7) is 5.65. The first kappa shape index (κ1) is 14.4. The van der Waals surface area contributed by atoms with Crippen LogP contribution in [0.2, 0.25) is 5.15 Å². The van der Waals surface area contributed by atoms with E-state index < -0.39 is 0 Å². The van der Waals surface area contributed by atoms with Crippen molar-refractivity contribution in [1.82, 2.24) is 15.0 Å². The van der Waals surface area contributed by atoms with Gasteiger partial charge >= 0.3 is 0 Å². The number of rotatable bonds is 3. The molecule has 2 rings (SSSR count). The smallest absolute Gasteiger partial charge is 0.258 e. The Kier molecular flexibility index (Phi) is 4.29. The molecule has 2 aromatic heterocycles. The molecular weight excluding hydrogens is 276 g/mol. The van der Waals surface area contributed by atoms with Crippen molar-refractivity contribution >= 4 is 23.5 Å². The van der Waals surface area contributed by atoms with Crippen LogP contribution in [0.4, 0.5) is 5.95 Å². The minimum absolute atomic E-state index is 0.290. The number of aromatic nitrogens is 3. The second-order valence-electron chi connectivity index (χ2n) is 4.45. The number of carbonyl (C=O) groups excluding carboxylic acids is 1. The molecule has 0 aliphatic rings. The average Bonchev–Trinajstić information content (AvgIpc) is 2.36. The predicted octanol–water partition coefficient (Wildman–Crippen LogP) is 2.96. The molecule has 1 N–H and O–H groups in total. The standard InChI is InChI=1S/C14H15ClN4O/c1-4-11-6-10(7-12(15)18-11)13(20)19-14-16-8(2)5-9(3)17-14/h5-7H,4H2,1-3H3,(H,16,17,19,20). The monoisotopic (exact) mass is 290 g/mol. The molecule has 0 saturated carbocycles. The Bertz CT molecular complexity index is 637. The number of nitrogens with zero attached hydrogens (tertiary/aromatic N) is 3. The quantitative estimate of drug-likeness (QED) is 0.883. The molecule has 5 nitrogen and oxygen atoms in total. The summed E-state index contributed by atoms with van der Waals surface area (Å²) < 4.78 is 0. The molecule has 0 unspecified atom stereocenters. The summed E-state index contributed by atoms with van der Waals surface area (Å²) in [5, 5.41) is 2.97. The number of aryl methyl sites for hydroxylation is 3. The van der Waals surface area contributed by atoms with Gasteiger partial charge in [-0.3, -0.25) is 10.1 Å². The van der Waals surface area contributed by atoms with Gasteiger partial charge in [0.1, 0.15) is 5.15 Å². The van der Waals surface area contributed by atoms with Gasteiger partial charge in [-0.2, -0.15) is 0 Å². The van der Waals surface area contributed by atoms with Gasteiger partial charge in [-0.15, -0.1) is 0 Å². The van der Waals surface area contributed by atoms with Crippen LogP contribution in [0.15, 0.2) is 18.2 Å². The number of halogens is 1. The van der Waals surface area contributed by atoms with E-state index in [2.05, 4.69) is 20.3 Å². The largest absolute Gasteiger partial charge is 0.290 e. The van der Waals surface area contributed by atoms with E-state index in [1.807, 2.05) is 26.8 Å². The van der Waals surface area contributed by atoms with Crippen LogP contribution < -0.4 is 5.32 Å². The molecule has 0 aliphatic heterocycles. The van der Waals surface area contributed by atoms with E-state index in [4.69, 9.17) is 11.6 Å². The van der Waals surface area contributed by atoms with E-state index in [-0.39, 0.29) is 5.91 Å². The van der Waals surface area contributed by atoms with Crippen molar-refractivity contribution in [1.29, 1.82) is 0 Å². The number of pyridine rings is 1. The van der Waals surface area contributed by atoms with E-state index in [1.54, 1.807) is 6.07 Å². The third-order valence-corrected chi connectivity index (χ3v) is 2.87. The predicted molar refractivity (Wildman–Crippen MR) is 78.1 cm³/mol. The van der Waals surface area contributed by atoms with Crippen LogP contribution in [0, 0.1) is 13.8 Å². The molecule has 0 radical (unpaired) electrons. The highest BCUT2D eigenvalue weighted by molar-refractivity contribution is 6.29. The lowest BCUT2D eigenvalue weighted by atomic mass is 10.2. The van der Waals surface area contributed by atoms with Gasteiger partial charge in [0, 0.05) is 22.6 Å². The fourth-order valence-corrected chi connectivity index (χ4v) is 2.05. The maximum absolute atomic E-state index is 12.2. The summed E-state index contributed by atoms with van der Waals surface area (Å²) in [5.74, 6) is -0.00696. The van der Waals surface area contributed by atoms with E-state index in [9.17, 15) is 4.79 Å². The van der Waals surface area contributed by atoms with E-state index in [1.165, 1.54) is 6.07 Å². The average molecular weight is 291 g/mol. The molecule has 0 aromatic carbocycles. The second-order valence-corrected chi connectivity index (χ2v) is 4.84. The van der Waals surface area contributed by atoms with Crippen molar-refractivity contribution in [2.75, 3.05) is 5.32 Å². The maximum Gasteiger partial charge on any atom is 0.258 e. The molecule has 2 aromatic rings. The van der Waals surface area contributed by atoms with Gasteiger partial charge in [0.05, 0.1) is 0 Å². The SMILES string of the molecule is CCc1cc(C(=O)Nc2nc(C)cc(C)n2)cc(Cl)n1. The highest BCUT2D eigenvalue weighted by atomic mass is 35.5. The van der Waals surface area contributed by atoms with E-state index in [0.717, 1.165) is 17.1 Å². The molecular formula is C14H15ClN4O. The zero-order chi connectivity index (χ0) is 14.7. The Morgan fingerprint density at radius 3 is 2.40 bits per heavy atom. The zero-order valence-corrected chi connectivity index (χ0v) is 12.3. The molecule has 104 valence electrons. The van der Waals surface area contributed by atoms with E-state index >= 15 is 0 Å². The van der Waals surface area contributed by atoms with Crippen molar-refractivity contribution in [3.05, 3.63) is 46.0 Å². The number of hydrogen-bond acceptors (Lipinski definition) is 4. The van der Waals surface area contributed by atoms with Crippen LogP contribution in [0.5, 0.6) is 0 Å². The fourth-order valence-electron chi connectivity index (χ4n) is 1.82. The molecule has 0 spiro atoms. The van der Waals surface area contributed by atoms with Gasteiger partial charge in [-0.1, -0.05) is 18.5 Å². The third kappa shape index (κ3) is 3.51. The lowest BCUT2D eigenvalue weighted by Gasteiger charge is -2.07. The number of anilines is 1. The Labute approximate surface area is 122 Å². The van der Waals surface area contributed by atoms with Crippen LogP contribution in [0.1, 0.15) is 34.4 Å². The molecule has 20 heavy (non-hydrogen) atoms. The molecule has 6 heteroatoms. The topological polar surface area (TPSA) is 67.8 Å². The van der Waals surface area contributed by atoms with Crippen LogP contribution in [-0.2, 0) is 6.42 Å². The van der Waals surface area contributed by atoms with Gasteiger partial charge in [-0.05, 0) is 38.5 Å². The highest BCUT2D eigenvalue weighted by Crippen LogP contribution is 2.13. The normalized spacial score (nSPS) is 10.4. The molecule has 2 heterocycles. The first-order chi connectivity index (χ1) is 9.47. The van der Waals surface area contributed by atoms with E-state index in [0.29, 0.717) is 23.1 Å². The lowest BCUT2D eigenvalue weighted by Crippen LogP contribution is -2.15. The van der Waals surface area contributed by atoms with Crippen molar-refractivity contribution in [3.63, 3.8) is 0 Å². The zero-order valence-electron chi connectivity index (χ0n) is 11.6. The maximum atomic E-state index is 12.2. The van der Waals surface area contributed by atoms with Gasteiger partial charge in [0.2, 0.25) is 5.95 Å². The van der Waals surface area contributed by atoms with Gasteiger partial charge in [-0.25, -0.2) is 15.0 Å². The summed E-state index contributed by atoms with van der Waals surface area (Å²) >= 11 is 5.90. The molecule has 0 fully saturated rings. The molecule has 1 amide bonds. The first-order valence-electron chi connectivity index (χ1n) is 6.28. The summed E-state index contributed by atoms with van der Waals surface area (Å²) in [6.07, 6.45) is 0.709. The van der Waals surface area contributed by atoms with Crippen LogP contribution in [0.25, 0.3) is 0 Å². The molecule has 0 aliphatic carbocycles. The molecule has 0 atom stereocenters. The van der Waals surface area contributed by atoms with Crippen molar-refractivity contribution in [3.8, 4) is 0 Å². The minimum atomic E-state index is -0.297. The van der Waals surface area contributed by atoms with Crippen LogP contribution in [-0.4, -0.2) is 20.9 Å². The summed E-state index contributed by atoms with van der Waals surface area (Å²) in [5.41, 5.74) is 2.82.